The number of hydrogen-bond acceptors (Lipinski definition) is 2. The van der Waals surface area contributed by atoms with Gasteiger partial charge in [0.25, 0.3) is 0 Å². The van der Waals surface area contributed by atoms with Gasteiger partial charge in [-0.25, -0.2) is 9.97 Å². The van der Waals surface area contributed by atoms with Crippen LogP contribution in [0.25, 0.3) is 5.78 Å². The highest BCUT2D eigenvalue weighted by atomic mass is 15.1. The van der Waals surface area contributed by atoms with E-state index in [0.29, 0.717) is 0 Å². The van der Waals surface area contributed by atoms with E-state index < -0.39 is 0 Å². The van der Waals surface area contributed by atoms with E-state index in [-0.39, 0.29) is 0 Å². The van der Waals surface area contributed by atoms with E-state index in [9.17, 15) is 0 Å². The van der Waals surface area contributed by atoms with Crippen molar-refractivity contribution in [2.45, 2.75) is 6.92 Å². The standard InChI is InChI=1S/C7H7N3/c1-6-5-9-7-8-3-2-4-10(6)7/h2-5H,1H3. The van der Waals surface area contributed by atoms with Crippen molar-refractivity contribution in [2.75, 3.05) is 0 Å². The normalized spacial score (nSPS) is 10.5. The fourth-order valence-electron chi connectivity index (χ4n) is 0.947. The van der Waals surface area contributed by atoms with E-state index in [1.54, 1.807) is 6.20 Å². The summed E-state index contributed by atoms with van der Waals surface area (Å²) in [4.78, 5) is 8.12. The Hall–Kier alpha value is -1.38. The maximum atomic E-state index is 4.07. The van der Waals surface area contributed by atoms with Crippen molar-refractivity contribution >= 4 is 5.78 Å². The van der Waals surface area contributed by atoms with E-state index in [1.807, 2.05) is 29.8 Å². The zero-order chi connectivity index (χ0) is 6.97. The van der Waals surface area contributed by atoms with Crippen LogP contribution in [0, 0.1) is 6.92 Å². The van der Waals surface area contributed by atoms with Crippen LogP contribution < -0.4 is 0 Å². The molecule has 3 heteroatoms. The minimum absolute atomic E-state index is 0.764. The highest BCUT2D eigenvalue weighted by Crippen LogP contribution is 1.99. The maximum Gasteiger partial charge on any atom is 0.233 e. The van der Waals surface area contributed by atoms with Crippen LogP contribution >= 0.6 is 0 Å². The molecule has 0 N–H and O–H groups in total. The van der Waals surface area contributed by atoms with Crippen LogP contribution in [0.2, 0.25) is 0 Å². The van der Waals surface area contributed by atoms with Crippen LogP contribution in [0.4, 0.5) is 0 Å². The van der Waals surface area contributed by atoms with Crippen LogP contribution in [-0.4, -0.2) is 14.4 Å². The van der Waals surface area contributed by atoms with E-state index in [4.69, 9.17) is 0 Å². The Morgan fingerprint density at radius 3 is 3.10 bits per heavy atom. The summed E-state index contributed by atoms with van der Waals surface area (Å²) in [6, 6.07) is 1.89. The molecular weight excluding hydrogens is 126 g/mol. The van der Waals surface area contributed by atoms with E-state index in [2.05, 4.69) is 9.97 Å². The fourth-order valence-corrected chi connectivity index (χ4v) is 0.947. The second-order valence-corrected chi connectivity index (χ2v) is 2.19. The second-order valence-electron chi connectivity index (χ2n) is 2.19. The molecule has 0 spiro atoms. The molecule has 0 atom stereocenters. The first-order valence-electron chi connectivity index (χ1n) is 3.12. The largest absolute Gasteiger partial charge is 0.288 e. The zero-order valence-electron chi connectivity index (χ0n) is 5.65. The number of nitrogens with zero attached hydrogens (tertiary/aromatic N) is 3. The molecular formula is C7H7N3. The Kier molecular flexibility index (Phi) is 0.974. The molecule has 0 bridgehead atoms. The predicted octanol–water partition coefficient (Wildman–Crippen LogP) is 1.04. The monoisotopic (exact) mass is 133 g/mol. The number of fused-ring (bicyclic) bond motifs is 1. The summed E-state index contributed by atoms with van der Waals surface area (Å²) >= 11 is 0. The molecule has 50 valence electrons. The molecule has 3 nitrogen and oxygen atoms in total. The van der Waals surface area contributed by atoms with Gasteiger partial charge in [-0.2, -0.15) is 0 Å². The van der Waals surface area contributed by atoms with Crippen LogP contribution in [0.5, 0.6) is 0 Å². The minimum atomic E-state index is 0.764. The molecule has 2 rings (SSSR count). The molecule has 0 aliphatic heterocycles. The summed E-state index contributed by atoms with van der Waals surface area (Å²) in [6.07, 6.45) is 5.49. The first-order chi connectivity index (χ1) is 4.88. The molecule has 0 unspecified atom stereocenters. The van der Waals surface area contributed by atoms with Crippen molar-refractivity contribution in [3.05, 3.63) is 30.4 Å². The average molecular weight is 133 g/mol. The van der Waals surface area contributed by atoms with Crippen LogP contribution in [0.3, 0.4) is 0 Å². The topological polar surface area (TPSA) is 30.2 Å². The molecule has 0 fully saturated rings. The van der Waals surface area contributed by atoms with Gasteiger partial charge in [0.1, 0.15) is 0 Å². The van der Waals surface area contributed by atoms with Crippen molar-refractivity contribution in [3.63, 3.8) is 0 Å². The van der Waals surface area contributed by atoms with Gasteiger partial charge in [-0.05, 0) is 13.0 Å². The Bertz CT molecular complexity index is 350. The average Bonchev–Trinajstić information content (AvgIpc) is 2.34. The number of hydrogen-bond donors (Lipinski definition) is 0. The van der Waals surface area contributed by atoms with Crippen molar-refractivity contribution in [1.82, 2.24) is 14.4 Å². The van der Waals surface area contributed by atoms with Crippen LogP contribution in [-0.2, 0) is 0 Å². The highest BCUT2D eigenvalue weighted by molar-refractivity contribution is 5.29. The Morgan fingerprint density at radius 2 is 2.30 bits per heavy atom. The summed E-state index contributed by atoms with van der Waals surface area (Å²) in [5.74, 6) is 0.764. The lowest BCUT2D eigenvalue weighted by atomic mass is 10.5. The highest BCUT2D eigenvalue weighted by Gasteiger charge is 1.94. The smallest absolute Gasteiger partial charge is 0.233 e. The fraction of sp³-hybridized carbons (Fsp3) is 0.143. The van der Waals surface area contributed by atoms with E-state index in [0.717, 1.165) is 11.5 Å². The third-order valence-electron chi connectivity index (χ3n) is 1.47. The Labute approximate surface area is 58.4 Å². The van der Waals surface area contributed by atoms with Crippen molar-refractivity contribution in [3.8, 4) is 0 Å². The lowest BCUT2D eigenvalue weighted by molar-refractivity contribution is 1.06. The molecule has 0 saturated carbocycles. The Morgan fingerprint density at radius 1 is 1.40 bits per heavy atom. The number of aryl methyl sites for hydroxylation is 1. The SMILES string of the molecule is Cc1cnc2ncccn12. The van der Waals surface area contributed by atoms with Crippen molar-refractivity contribution < 1.29 is 0 Å². The molecule has 0 radical (unpaired) electrons. The van der Waals surface area contributed by atoms with Crippen molar-refractivity contribution in [2.24, 2.45) is 0 Å². The van der Waals surface area contributed by atoms with Crippen LogP contribution in [0.1, 0.15) is 5.69 Å². The third kappa shape index (κ3) is 0.603. The van der Waals surface area contributed by atoms with E-state index >= 15 is 0 Å². The molecule has 10 heavy (non-hydrogen) atoms. The minimum Gasteiger partial charge on any atom is -0.288 e. The van der Waals surface area contributed by atoms with Gasteiger partial charge in [0.15, 0.2) is 0 Å². The number of imidazole rings is 1. The first kappa shape index (κ1) is 5.41. The molecule has 2 heterocycles. The zero-order valence-corrected chi connectivity index (χ0v) is 5.65. The maximum absolute atomic E-state index is 4.07. The van der Waals surface area contributed by atoms with Gasteiger partial charge in [0.2, 0.25) is 5.78 Å². The summed E-state index contributed by atoms with van der Waals surface area (Å²) in [5.41, 5.74) is 1.11. The van der Waals surface area contributed by atoms with Gasteiger partial charge >= 0.3 is 0 Å². The lowest BCUT2D eigenvalue weighted by Gasteiger charge is -1.90. The summed E-state index contributed by atoms with van der Waals surface area (Å²) < 4.78 is 1.94. The second kappa shape index (κ2) is 1.80. The molecule has 0 aliphatic carbocycles. The molecule has 2 aromatic heterocycles. The van der Waals surface area contributed by atoms with Gasteiger partial charge in [-0.3, -0.25) is 4.40 Å². The Balaban J connectivity index is 2.93. The van der Waals surface area contributed by atoms with Crippen LogP contribution in [0.15, 0.2) is 24.7 Å². The molecule has 0 aromatic carbocycles. The third-order valence-corrected chi connectivity index (χ3v) is 1.47. The van der Waals surface area contributed by atoms with Gasteiger partial charge in [-0.1, -0.05) is 0 Å². The molecule has 0 saturated heterocycles. The lowest BCUT2D eigenvalue weighted by Crippen LogP contribution is -1.87. The van der Waals surface area contributed by atoms with Gasteiger partial charge in [0.05, 0.1) is 6.20 Å². The van der Waals surface area contributed by atoms with Crippen molar-refractivity contribution in [1.29, 1.82) is 0 Å². The van der Waals surface area contributed by atoms with Gasteiger partial charge in [-0.15, -0.1) is 0 Å². The van der Waals surface area contributed by atoms with Gasteiger partial charge < -0.3 is 0 Å². The predicted molar refractivity (Wildman–Crippen MR) is 37.7 cm³/mol. The van der Waals surface area contributed by atoms with Gasteiger partial charge in [0, 0.05) is 18.1 Å². The number of aromatic nitrogens is 3. The number of rotatable bonds is 0. The van der Waals surface area contributed by atoms with E-state index in [1.165, 1.54) is 0 Å². The molecule has 0 aliphatic rings. The molecule has 0 amide bonds. The molecule has 2 aromatic rings. The summed E-state index contributed by atoms with van der Waals surface area (Å²) in [6.45, 7) is 2.00. The quantitative estimate of drug-likeness (QED) is 0.537. The summed E-state index contributed by atoms with van der Waals surface area (Å²) in [5, 5.41) is 0. The first-order valence-corrected chi connectivity index (χ1v) is 3.12. The summed E-state index contributed by atoms with van der Waals surface area (Å²) in [7, 11) is 0.